The van der Waals surface area contributed by atoms with Crippen LogP contribution in [0.2, 0.25) is 0 Å². The van der Waals surface area contributed by atoms with Crippen LogP contribution in [0.5, 0.6) is 17.2 Å². The molecule has 2 atom stereocenters. The number of carbonyl (C=O) groups is 2. The fourth-order valence-electron chi connectivity index (χ4n) is 5.98. The number of allylic oxidation sites excluding steroid dienone is 1. The van der Waals surface area contributed by atoms with E-state index >= 15 is 0 Å². The highest BCUT2D eigenvalue weighted by Crippen LogP contribution is 2.48. The molecule has 0 radical (unpaired) electrons. The Hall–Kier alpha value is -5.04. The fraction of sp³-hybridized carbons (Fsp3) is 0.200. The van der Waals surface area contributed by atoms with Gasteiger partial charge in [0.15, 0.2) is 17.3 Å². The number of nitrogens with zero attached hydrogens (tertiary/aromatic N) is 1. The summed E-state index contributed by atoms with van der Waals surface area (Å²) in [6.45, 7) is 0. The van der Waals surface area contributed by atoms with E-state index in [4.69, 9.17) is 14.2 Å². The maximum absolute atomic E-state index is 14.3. The van der Waals surface area contributed by atoms with E-state index < -0.39 is 6.04 Å². The molecule has 42 heavy (non-hydrogen) atoms. The molecular formula is C35H32N2O5. The number of carbonyl (C=O) groups excluding carboxylic acids is 2. The third kappa shape index (κ3) is 4.87. The molecule has 0 aromatic heterocycles. The van der Waals surface area contributed by atoms with Crippen molar-refractivity contribution in [2.75, 3.05) is 31.5 Å². The summed E-state index contributed by atoms with van der Waals surface area (Å²) in [6, 6.07) is 29.7. The van der Waals surface area contributed by atoms with Crippen molar-refractivity contribution in [3.8, 4) is 17.2 Å². The highest BCUT2D eigenvalue weighted by Gasteiger charge is 2.42. The van der Waals surface area contributed by atoms with Crippen molar-refractivity contribution in [3.05, 3.63) is 125 Å². The van der Waals surface area contributed by atoms with Crippen molar-refractivity contribution >= 4 is 23.1 Å². The molecule has 7 nitrogen and oxygen atoms in total. The van der Waals surface area contributed by atoms with Crippen LogP contribution in [0, 0.1) is 0 Å². The first-order valence-electron chi connectivity index (χ1n) is 13.9. The molecule has 0 saturated carbocycles. The van der Waals surface area contributed by atoms with Crippen molar-refractivity contribution < 1.29 is 23.8 Å². The third-order valence-corrected chi connectivity index (χ3v) is 8.04. The zero-order chi connectivity index (χ0) is 29.2. The number of para-hydroxylation sites is 2. The van der Waals surface area contributed by atoms with Crippen LogP contribution in [0.1, 0.15) is 46.3 Å². The minimum Gasteiger partial charge on any atom is -0.497 e. The number of ketones is 1. The number of amides is 1. The van der Waals surface area contributed by atoms with Crippen LogP contribution in [-0.2, 0) is 4.79 Å². The van der Waals surface area contributed by atoms with Gasteiger partial charge in [0, 0.05) is 23.3 Å². The van der Waals surface area contributed by atoms with E-state index in [1.807, 2.05) is 84.9 Å². The Balaban J connectivity index is 1.52. The average molecular weight is 561 g/mol. The van der Waals surface area contributed by atoms with Crippen molar-refractivity contribution in [2.24, 2.45) is 0 Å². The van der Waals surface area contributed by atoms with E-state index in [-0.39, 0.29) is 17.6 Å². The SMILES string of the molecule is COc1ccc([C@H]2C3=C(C[C@@H](c4ccc(OC)c(OC)c4)CC3=O)Nc3ccccc3N2C(=O)c2ccccc2)cc1. The van der Waals surface area contributed by atoms with Gasteiger partial charge in [0.2, 0.25) is 0 Å². The Morgan fingerprint density at radius 3 is 2.17 bits per heavy atom. The maximum atomic E-state index is 14.3. The minimum absolute atomic E-state index is 0.0111. The lowest BCUT2D eigenvalue weighted by Crippen LogP contribution is -2.38. The lowest BCUT2D eigenvalue weighted by molar-refractivity contribution is -0.116. The number of hydrogen-bond acceptors (Lipinski definition) is 6. The normalized spacial score (nSPS) is 17.9. The zero-order valence-corrected chi connectivity index (χ0v) is 23.8. The summed E-state index contributed by atoms with van der Waals surface area (Å²) in [4.78, 5) is 30.4. The van der Waals surface area contributed by atoms with E-state index in [9.17, 15) is 9.59 Å². The second-order valence-corrected chi connectivity index (χ2v) is 10.4. The van der Waals surface area contributed by atoms with Gasteiger partial charge in [-0.1, -0.05) is 48.5 Å². The molecule has 0 bridgehead atoms. The van der Waals surface area contributed by atoms with Crippen molar-refractivity contribution in [3.63, 3.8) is 0 Å². The second-order valence-electron chi connectivity index (χ2n) is 10.4. The summed E-state index contributed by atoms with van der Waals surface area (Å²) >= 11 is 0. The number of fused-ring (bicyclic) bond motifs is 1. The van der Waals surface area contributed by atoms with Gasteiger partial charge in [-0.15, -0.1) is 0 Å². The zero-order valence-electron chi connectivity index (χ0n) is 23.8. The molecule has 7 heteroatoms. The molecule has 0 saturated heterocycles. The number of anilines is 2. The topological polar surface area (TPSA) is 77.1 Å². The van der Waals surface area contributed by atoms with E-state index in [2.05, 4.69) is 5.32 Å². The predicted octanol–water partition coefficient (Wildman–Crippen LogP) is 6.93. The summed E-state index contributed by atoms with van der Waals surface area (Å²) in [5.74, 6) is 1.68. The molecule has 1 heterocycles. The number of methoxy groups -OCH3 is 3. The monoisotopic (exact) mass is 560 g/mol. The lowest BCUT2D eigenvalue weighted by Gasteiger charge is -2.35. The van der Waals surface area contributed by atoms with Crippen LogP contribution in [0.4, 0.5) is 11.4 Å². The van der Waals surface area contributed by atoms with Crippen LogP contribution >= 0.6 is 0 Å². The molecule has 1 amide bonds. The molecule has 1 N–H and O–H groups in total. The summed E-state index contributed by atoms with van der Waals surface area (Å²) in [5, 5.41) is 3.59. The molecule has 1 aliphatic heterocycles. The van der Waals surface area contributed by atoms with Crippen molar-refractivity contribution in [1.82, 2.24) is 0 Å². The molecule has 4 aromatic rings. The van der Waals surface area contributed by atoms with Gasteiger partial charge in [0.25, 0.3) is 5.91 Å². The first-order chi connectivity index (χ1) is 20.5. The number of hydrogen-bond donors (Lipinski definition) is 1. The Kier molecular flexibility index (Phi) is 7.40. The number of Topliss-reactive ketones (excluding diaryl/α,β-unsaturated/α-hetero) is 1. The van der Waals surface area contributed by atoms with Gasteiger partial charge >= 0.3 is 0 Å². The van der Waals surface area contributed by atoms with Crippen molar-refractivity contribution in [2.45, 2.75) is 24.8 Å². The average Bonchev–Trinajstić information content (AvgIpc) is 3.19. The quantitative estimate of drug-likeness (QED) is 0.276. The molecule has 0 fully saturated rings. The number of nitrogens with one attached hydrogen (secondary N) is 1. The minimum atomic E-state index is -0.645. The molecule has 0 spiro atoms. The molecule has 1 aliphatic carbocycles. The molecular weight excluding hydrogens is 528 g/mol. The Morgan fingerprint density at radius 2 is 1.45 bits per heavy atom. The summed E-state index contributed by atoms with van der Waals surface area (Å²) < 4.78 is 16.4. The third-order valence-electron chi connectivity index (χ3n) is 8.04. The van der Waals surface area contributed by atoms with Crippen LogP contribution < -0.4 is 24.4 Å². The molecule has 2 aliphatic rings. The predicted molar refractivity (Wildman–Crippen MR) is 163 cm³/mol. The first kappa shape index (κ1) is 27.1. The molecule has 0 unspecified atom stereocenters. The van der Waals surface area contributed by atoms with Gasteiger partial charge in [-0.2, -0.15) is 0 Å². The fourth-order valence-corrected chi connectivity index (χ4v) is 5.98. The standard InChI is InChI=1S/C35H32N2O5/c1-40-26-16-13-22(14-17-26)34-33-28(19-25(20-30(33)38)24-15-18-31(41-2)32(21-24)42-3)36-27-11-7-8-12-29(27)37(34)35(39)23-9-5-4-6-10-23/h4-18,21,25,34,36H,19-20H2,1-3H3/t25-,34+/m1/s1. The van der Waals surface area contributed by atoms with E-state index in [1.54, 1.807) is 38.4 Å². The largest absolute Gasteiger partial charge is 0.497 e. The highest BCUT2D eigenvalue weighted by molar-refractivity contribution is 6.12. The Labute approximate surface area is 245 Å². The smallest absolute Gasteiger partial charge is 0.259 e. The van der Waals surface area contributed by atoms with Gasteiger partial charge in [-0.25, -0.2) is 0 Å². The van der Waals surface area contributed by atoms with Crippen molar-refractivity contribution in [1.29, 1.82) is 0 Å². The van der Waals surface area contributed by atoms with Gasteiger partial charge in [0.1, 0.15) is 5.75 Å². The Morgan fingerprint density at radius 1 is 0.762 bits per heavy atom. The molecule has 4 aromatic carbocycles. The molecule has 6 rings (SSSR count). The summed E-state index contributed by atoms with van der Waals surface area (Å²) in [6.07, 6.45) is 0.886. The number of benzene rings is 4. The number of rotatable bonds is 6. The van der Waals surface area contributed by atoms with E-state index in [0.717, 1.165) is 22.5 Å². The van der Waals surface area contributed by atoms with Gasteiger partial charge in [-0.3, -0.25) is 14.5 Å². The number of ether oxygens (including phenoxy) is 3. The van der Waals surface area contributed by atoms with Crippen LogP contribution in [-0.4, -0.2) is 33.0 Å². The highest BCUT2D eigenvalue weighted by atomic mass is 16.5. The van der Waals surface area contributed by atoms with Crippen LogP contribution in [0.3, 0.4) is 0 Å². The van der Waals surface area contributed by atoms with E-state index in [1.165, 1.54) is 0 Å². The summed E-state index contributed by atoms with van der Waals surface area (Å²) in [7, 11) is 4.83. The Bertz CT molecular complexity index is 1660. The van der Waals surface area contributed by atoms with Crippen LogP contribution in [0.25, 0.3) is 0 Å². The van der Waals surface area contributed by atoms with E-state index in [0.29, 0.717) is 46.9 Å². The first-order valence-corrected chi connectivity index (χ1v) is 13.9. The van der Waals surface area contributed by atoms with Gasteiger partial charge in [0.05, 0.1) is 38.7 Å². The summed E-state index contributed by atoms with van der Waals surface area (Å²) in [5.41, 5.74) is 5.23. The van der Waals surface area contributed by atoms with Crippen LogP contribution in [0.15, 0.2) is 108 Å². The second kappa shape index (κ2) is 11.4. The van der Waals surface area contributed by atoms with Gasteiger partial charge in [-0.05, 0) is 72.0 Å². The molecule has 212 valence electrons. The lowest BCUT2D eigenvalue weighted by atomic mass is 9.78. The maximum Gasteiger partial charge on any atom is 0.259 e. The van der Waals surface area contributed by atoms with Gasteiger partial charge < -0.3 is 19.5 Å².